The fraction of sp³-hybridized carbons (Fsp3) is 0.182. The number of nitrogen functional groups attached to an aromatic ring is 1. The smallest absolute Gasteiger partial charge is 0.293 e. The first-order valence-electron chi connectivity index (χ1n) is 10.4. The first kappa shape index (κ1) is 24.5. The fourth-order valence-electron chi connectivity index (χ4n) is 3.15. The van der Waals surface area contributed by atoms with E-state index in [1.165, 1.54) is 44.0 Å². The van der Waals surface area contributed by atoms with Crippen molar-refractivity contribution in [3.8, 4) is 23.1 Å². The highest BCUT2D eigenvalue weighted by Gasteiger charge is 2.24. The lowest BCUT2D eigenvalue weighted by molar-refractivity contribution is 0.0949. The van der Waals surface area contributed by atoms with E-state index in [1.807, 2.05) is 30.3 Å². The maximum absolute atomic E-state index is 13.0. The molecule has 2 aromatic carbocycles. The Morgan fingerprint density at radius 1 is 1.14 bits per heavy atom. The van der Waals surface area contributed by atoms with Crippen molar-refractivity contribution in [3.05, 3.63) is 59.4 Å². The van der Waals surface area contributed by atoms with Crippen LogP contribution in [0.15, 0.2) is 57.1 Å². The number of nitrogens with two attached hydrogens (primary N) is 1. The van der Waals surface area contributed by atoms with Crippen LogP contribution in [0.1, 0.15) is 21.7 Å². The summed E-state index contributed by atoms with van der Waals surface area (Å²) in [7, 11) is 4.54. The van der Waals surface area contributed by atoms with Gasteiger partial charge in [0.05, 0.1) is 38.8 Å². The van der Waals surface area contributed by atoms with E-state index in [-0.39, 0.29) is 17.3 Å². The molecule has 0 aliphatic carbocycles. The Hall–Kier alpha value is -4.59. The number of benzene rings is 2. The van der Waals surface area contributed by atoms with Gasteiger partial charge in [-0.3, -0.25) is 4.79 Å². The number of thioether (sulfide) groups is 1. The van der Waals surface area contributed by atoms with Crippen molar-refractivity contribution < 1.29 is 23.6 Å². The van der Waals surface area contributed by atoms with E-state index in [0.29, 0.717) is 34.3 Å². The summed E-state index contributed by atoms with van der Waals surface area (Å²) < 4.78 is 22.0. The van der Waals surface area contributed by atoms with Crippen molar-refractivity contribution >= 4 is 29.7 Å². The second-order valence-corrected chi connectivity index (χ2v) is 8.06. The van der Waals surface area contributed by atoms with Crippen LogP contribution in [0.25, 0.3) is 5.82 Å². The summed E-state index contributed by atoms with van der Waals surface area (Å²) in [5.41, 5.74) is 9.27. The Balaban J connectivity index is 1.60. The second kappa shape index (κ2) is 11.2. The second-order valence-electron chi connectivity index (χ2n) is 7.02. The zero-order valence-corrected chi connectivity index (χ0v) is 20.4. The van der Waals surface area contributed by atoms with Crippen LogP contribution < -0.4 is 25.4 Å². The van der Waals surface area contributed by atoms with Gasteiger partial charge in [0.2, 0.25) is 11.6 Å². The third-order valence-electron chi connectivity index (χ3n) is 4.91. The molecule has 2 heterocycles. The quantitative estimate of drug-likeness (QED) is 0.183. The van der Waals surface area contributed by atoms with Gasteiger partial charge in [-0.25, -0.2) is 10.1 Å². The zero-order valence-electron chi connectivity index (χ0n) is 19.5. The number of rotatable bonds is 10. The molecule has 0 aliphatic heterocycles. The molecule has 0 unspecified atom stereocenters. The molecule has 4 rings (SSSR count). The maximum atomic E-state index is 13.0. The molecule has 0 radical (unpaired) electrons. The van der Waals surface area contributed by atoms with Crippen LogP contribution in [-0.4, -0.2) is 58.8 Å². The molecular formula is C22H22N8O5S. The molecular weight excluding hydrogens is 488 g/mol. The van der Waals surface area contributed by atoms with Gasteiger partial charge in [0.1, 0.15) is 17.2 Å². The van der Waals surface area contributed by atoms with Gasteiger partial charge in [0.25, 0.3) is 5.91 Å². The molecule has 2 aromatic heterocycles. The average molecular weight is 511 g/mol. The van der Waals surface area contributed by atoms with Crippen LogP contribution in [0.4, 0.5) is 5.82 Å². The molecule has 0 saturated carbocycles. The summed E-state index contributed by atoms with van der Waals surface area (Å²) in [6.07, 6.45) is 1.40. The zero-order chi connectivity index (χ0) is 25.5. The van der Waals surface area contributed by atoms with Crippen LogP contribution in [-0.2, 0) is 5.75 Å². The molecule has 13 nitrogen and oxygen atoms in total. The van der Waals surface area contributed by atoms with E-state index in [9.17, 15) is 4.79 Å². The molecule has 3 N–H and O–H groups in total. The summed E-state index contributed by atoms with van der Waals surface area (Å²) in [5, 5.41) is 19.5. The van der Waals surface area contributed by atoms with Crippen molar-refractivity contribution in [1.82, 2.24) is 30.7 Å². The van der Waals surface area contributed by atoms with Crippen molar-refractivity contribution in [2.75, 3.05) is 27.1 Å². The molecule has 0 spiro atoms. The number of carbonyl (C=O) groups excluding carboxylic acids is 1. The van der Waals surface area contributed by atoms with Crippen LogP contribution in [0.5, 0.6) is 17.2 Å². The lowest BCUT2D eigenvalue weighted by Gasteiger charge is -2.12. The molecule has 36 heavy (non-hydrogen) atoms. The number of ether oxygens (including phenoxy) is 3. The van der Waals surface area contributed by atoms with Crippen LogP contribution in [0.2, 0.25) is 0 Å². The maximum Gasteiger partial charge on any atom is 0.293 e. The number of amides is 1. The molecule has 4 aromatic rings. The van der Waals surface area contributed by atoms with Crippen molar-refractivity contribution in [1.29, 1.82) is 0 Å². The number of hydrogen-bond acceptors (Lipinski definition) is 12. The van der Waals surface area contributed by atoms with Crippen LogP contribution in [0, 0.1) is 0 Å². The summed E-state index contributed by atoms with van der Waals surface area (Å²) in [4.78, 5) is 14.0. The van der Waals surface area contributed by atoms with Gasteiger partial charge in [0.15, 0.2) is 5.69 Å². The highest BCUT2D eigenvalue weighted by molar-refractivity contribution is 7.98. The van der Waals surface area contributed by atoms with Crippen molar-refractivity contribution in [2.24, 2.45) is 5.10 Å². The van der Waals surface area contributed by atoms with E-state index < -0.39 is 5.91 Å². The Labute approximate surface area is 209 Å². The fourth-order valence-corrected chi connectivity index (χ4v) is 4.06. The van der Waals surface area contributed by atoms with E-state index in [1.54, 1.807) is 12.1 Å². The summed E-state index contributed by atoms with van der Waals surface area (Å²) in [6.45, 7) is 0. The number of carbonyl (C=O) groups is 1. The Bertz CT molecular complexity index is 1350. The van der Waals surface area contributed by atoms with E-state index in [2.05, 4.69) is 35.8 Å². The number of methoxy groups -OCH3 is 3. The van der Waals surface area contributed by atoms with Crippen molar-refractivity contribution in [2.45, 2.75) is 10.6 Å². The van der Waals surface area contributed by atoms with Gasteiger partial charge < -0.3 is 19.9 Å². The topological polar surface area (TPSA) is 165 Å². The molecule has 0 atom stereocenters. The summed E-state index contributed by atoms with van der Waals surface area (Å²) in [5.74, 6) is 1.31. The van der Waals surface area contributed by atoms with Gasteiger partial charge >= 0.3 is 0 Å². The third kappa shape index (κ3) is 5.22. The number of hydrogen-bond donors (Lipinski definition) is 2. The van der Waals surface area contributed by atoms with Gasteiger partial charge in [-0.2, -0.15) is 9.78 Å². The standard InChI is InChI=1S/C22H22N8O5S/c1-32-13-9-17(33-2)15(18(10-13)34-3)11-24-26-22(31)19-16(12-36-14-7-5-4-6-8-14)30(29-25-19)21-20(23)27-35-28-21/h4-11H,12H2,1-3H3,(H2,23,27)(H,26,31)/b24-11-. The van der Waals surface area contributed by atoms with Crippen molar-refractivity contribution in [3.63, 3.8) is 0 Å². The number of nitrogens with zero attached hydrogens (tertiary/aromatic N) is 6. The van der Waals surface area contributed by atoms with E-state index in [0.717, 1.165) is 4.90 Å². The molecule has 0 bridgehead atoms. The normalized spacial score (nSPS) is 11.0. The first-order chi connectivity index (χ1) is 17.5. The monoisotopic (exact) mass is 510 g/mol. The third-order valence-corrected chi connectivity index (χ3v) is 5.93. The number of nitrogens with one attached hydrogen (secondary N) is 1. The minimum Gasteiger partial charge on any atom is -0.496 e. The first-order valence-corrected chi connectivity index (χ1v) is 11.4. The summed E-state index contributed by atoms with van der Waals surface area (Å²) >= 11 is 1.48. The number of hydrazone groups is 1. The molecule has 1 amide bonds. The lowest BCUT2D eigenvalue weighted by Crippen LogP contribution is -2.20. The molecule has 0 saturated heterocycles. The Morgan fingerprint density at radius 2 is 1.86 bits per heavy atom. The minimum absolute atomic E-state index is 0.00883. The number of anilines is 1. The largest absolute Gasteiger partial charge is 0.496 e. The van der Waals surface area contributed by atoms with Crippen LogP contribution in [0.3, 0.4) is 0 Å². The van der Waals surface area contributed by atoms with E-state index >= 15 is 0 Å². The highest BCUT2D eigenvalue weighted by Crippen LogP contribution is 2.32. The van der Waals surface area contributed by atoms with Gasteiger partial charge in [-0.1, -0.05) is 23.4 Å². The van der Waals surface area contributed by atoms with Gasteiger partial charge in [-0.05, 0) is 22.4 Å². The van der Waals surface area contributed by atoms with Gasteiger partial charge in [0, 0.05) is 22.8 Å². The minimum atomic E-state index is -0.595. The molecule has 0 aliphatic rings. The van der Waals surface area contributed by atoms with E-state index in [4.69, 9.17) is 19.9 Å². The SMILES string of the molecule is COc1cc(OC)c(/C=N\NC(=O)c2nnn(-c3nonc3N)c2CSc2ccccc2)c(OC)c1. The molecule has 186 valence electrons. The van der Waals surface area contributed by atoms with Crippen LogP contribution >= 0.6 is 11.8 Å². The van der Waals surface area contributed by atoms with Gasteiger partial charge in [-0.15, -0.1) is 16.9 Å². The predicted molar refractivity (Wildman–Crippen MR) is 131 cm³/mol. The molecule has 14 heteroatoms. The summed E-state index contributed by atoms with van der Waals surface area (Å²) in [6, 6.07) is 13.0. The Morgan fingerprint density at radius 3 is 2.47 bits per heavy atom. The highest BCUT2D eigenvalue weighted by atomic mass is 32.2. The Kier molecular flexibility index (Phi) is 7.65. The number of aromatic nitrogens is 5. The molecule has 0 fully saturated rings. The predicted octanol–water partition coefficient (Wildman–Crippen LogP) is 2.31. The average Bonchev–Trinajstić information content (AvgIpc) is 3.53. The lowest BCUT2D eigenvalue weighted by atomic mass is 10.2.